The Morgan fingerprint density at radius 1 is 0.920 bits per heavy atom. The fraction of sp³-hybridized carbons (Fsp3) is 0.150. The zero-order chi connectivity index (χ0) is 17.1. The van der Waals surface area contributed by atoms with Crippen LogP contribution in [0.15, 0.2) is 67.0 Å². The zero-order valence-corrected chi connectivity index (χ0v) is 13.7. The molecule has 0 bridgehead atoms. The zero-order valence-electron chi connectivity index (χ0n) is 13.7. The van der Waals surface area contributed by atoms with Crippen molar-refractivity contribution in [2.75, 3.05) is 16.8 Å². The summed E-state index contributed by atoms with van der Waals surface area (Å²) in [6.45, 7) is 1.72. The Bertz CT molecular complexity index is 878. The molecule has 0 unspecified atom stereocenters. The van der Waals surface area contributed by atoms with Crippen LogP contribution in [-0.4, -0.2) is 22.4 Å². The summed E-state index contributed by atoms with van der Waals surface area (Å²) in [6, 6.07) is 17.8. The van der Waals surface area contributed by atoms with E-state index >= 15 is 0 Å². The Morgan fingerprint density at radius 3 is 2.44 bits per heavy atom. The van der Waals surface area contributed by atoms with Gasteiger partial charge in [-0.1, -0.05) is 42.5 Å². The van der Waals surface area contributed by atoms with Crippen LogP contribution < -0.4 is 10.2 Å². The molecule has 1 aromatic heterocycles. The van der Waals surface area contributed by atoms with Crippen molar-refractivity contribution in [2.24, 2.45) is 0 Å². The Morgan fingerprint density at radius 2 is 1.68 bits per heavy atom. The number of fused-ring (bicyclic) bond motifs is 1. The Kier molecular flexibility index (Phi) is 4.12. The van der Waals surface area contributed by atoms with Crippen molar-refractivity contribution in [1.82, 2.24) is 9.97 Å². The maximum Gasteiger partial charge on any atom is 0.275 e. The minimum absolute atomic E-state index is 0.255. The molecule has 1 aliphatic heterocycles. The van der Waals surface area contributed by atoms with Crippen LogP contribution in [0.25, 0.3) is 0 Å². The highest BCUT2D eigenvalue weighted by Gasteiger charge is 2.18. The molecule has 0 saturated heterocycles. The van der Waals surface area contributed by atoms with E-state index in [2.05, 4.69) is 44.5 Å². The van der Waals surface area contributed by atoms with Gasteiger partial charge >= 0.3 is 0 Å². The standard InChI is InChI=1S/C20H18N4O/c25-20(23-17-8-2-1-3-9-17)18-12-22-19(13-21-18)24-11-10-15-6-4-5-7-16(15)14-24/h1-9,12-13H,10-11,14H2,(H,23,25). The highest BCUT2D eigenvalue weighted by atomic mass is 16.1. The van der Waals surface area contributed by atoms with Crippen LogP contribution in [0.3, 0.4) is 0 Å². The van der Waals surface area contributed by atoms with Crippen LogP contribution in [-0.2, 0) is 13.0 Å². The lowest BCUT2D eigenvalue weighted by Crippen LogP contribution is -2.31. The summed E-state index contributed by atoms with van der Waals surface area (Å²) in [5, 5.41) is 2.82. The van der Waals surface area contributed by atoms with E-state index in [1.54, 1.807) is 6.20 Å². The van der Waals surface area contributed by atoms with E-state index in [0.29, 0.717) is 5.69 Å². The molecular weight excluding hydrogens is 312 g/mol. The summed E-state index contributed by atoms with van der Waals surface area (Å²) in [6.07, 6.45) is 4.20. The number of nitrogens with one attached hydrogen (secondary N) is 1. The van der Waals surface area contributed by atoms with Crippen molar-refractivity contribution in [3.8, 4) is 0 Å². The molecule has 5 nitrogen and oxygen atoms in total. The second kappa shape index (κ2) is 6.73. The monoisotopic (exact) mass is 330 g/mol. The van der Waals surface area contributed by atoms with Gasteiger partial charge in [-0.3, -0.25) is 4.79 Å². The third-order valence-electron chi connectivity index (χ3n) is 4.36. The topological polar surface area (TPSA) is 58.1 Å². The van der Waals surface area contributed by atoms with Crippen molar-refractivity contribution >= 4 is 17.4 Å². The molecule has 124 valence electrons. The lowest BCUT2D eigenvalue weighted by Gasteiger charge is -2.29. The first-order valence-electron chi connectivity index (χ1n) is 8.30. The van der Waals surface area contributed by atoms with Gasteiger partial charge in [0.1, 0.15) is 11.5 Å². The van der Waals surface area contributed by atoms with Crippen molar-refractivity contribution in [3.63, 3.8) is 0 Å². The third kappa shape index (κ3) is 3.35. The minimum Gasteiger partial charge on any atom is -0.351 e. The Balaban J connectivity index is 1.46. The van der Waals surface area contributed by atoms with Crippen molar-refractivity contribution in [3.05, 3.63) is 83.8 Å². The summed E-state index contributed by atoms with van der Waals surface area (Å²) in [7, 11) is 0. The molecular formula is C20H18N4O. The quantitative estimate of drug-likeness (QED) is 0.800. The van der Waals surface area contributed by atoms with Crippen LogP contribution in [0, 0.1) is 0 Å². The van der Waals surface area contributed by atoms with Gasteiger partial charge < -0.3 is 10.2 Å². The molecule has 0 aliphatic carbocycles. The summed E-state index contributed by atoms with van der Waals surface area (Å²) >= 11 is 0. The van der Waals surface area contributed by atoms with Crippen LogP contribution in [0.5, 0.6) is 0 Å². The average Bonchev–Trinajstić information content (AvgIpc) is 2.68. The molecule has 1 N–H and O–H groups in total. The van der Waals surface area contributed by atoms with Gasteiger partial charge in [0.15, 0.2) is 0 Å². The van der Waals surface area contributed by atoms with Gasteiger partial charge in [0.25, 0.3) is 5.91 Å². The first-order chi connectivity index (χ1) is 12.3. The number of rotatable bonds is 3. The number of anilines is 2. The highest BCUT2D eigenvalue weighted by molar-refractivity contribution is 6.02. The predicted octanol–water partition coefficient (Wildman–Crippen LogP) is 3.29. The number of carbonyl (C=O) groups is 1. The summed E-state index contributed by atoms with van der Waals surface area (Å²) in [4.78, 5) is 23.2. The number of hydrogen-bond acceptors (Lipinski definition) is 4. The van der Waals surface area contributed by atoms with E-state index in [1.807, 2.05) is 30.3 Å². The normalized spacial score (nSPS) is 13.2. The van der Waals surface area contributed by atoms with Crippen molar-refractivity contribution in [1.29, 1.82) is 0 Å². The lowest BCUT2D eigenvalue weighted by molar-refractivity contribution is 0.102. The van der Waals surface area contributed by atoms with Gasteiger partial charge in [-0.25, -0.2) is 9.97 Å². The highest BCUT2D eigenvalue weighted by Crippen LogP contribution is 2.22. The van der Waals surface area contributed by atoms with Gasteiger partial charge in [0.05, 0.1) is 12.4 Å². The molecule has 1 aliphatic rings. The maximum atomic E-state index is 12.2. The number of amides is 1. The molecule has 0 radical (unpaired) electrons. The summed E-state index contributed by atoms with van der Waals surface area (Å²) < 4.78 is 0. The molecule has 0 saturated carbocycles. The molecule has 2 heterocycles. The van der Waals surface area contributed by atoms with E-state index in [9.17, 15) is 4.79 Å². The molecule has 3 aromatic rings. The molecule has 4 rings (SSSR count). The first kappa shape index (κ1) is 15.3. The van der Waals surface area contributed by atoms with Crippen LogP contribution >= 0.6 is 0 Å². The summed E-state index contributed by atoms with van der Waals surface area (Å²) in [5.74, 6) is 0.542. The number of hydrogen-bond donors (Lipinski definition) is 1. The van der Waals surface area contributed by atoms with Gasteiger partial charge in [0.2, 0.25) is 0 Å². The van der Waals surface area contributed by atoms with Crippen LogP contribution in [0.1, 0.15) is 21.6 Å². The fourth-order valence-electron chi connectivity index (χ4n) is 3.01. The largest absolute Gasteiger partial charge is 0.351 e. The smallest absolute Gasteiger partial charge is 0.275 e. The second-order valence-electron chi connectivity index (χ2n) is 6.02. The molecule has 0 atom stereocenters. The number of aromatic nitrogens is 2. The SMILES string of the molecule is O=C(Nc1ccccc1)c1cnc(N2CCc3ccccc3C2)cn1. The Labute approximate surface area is 146 Å². The third-order valence-corrected chi connectivity index (χ3v) is 4.36. The minimum atomic E-state index is -0.255. The average molecular weight is 330 g/mol. The van der Waals surface area contributed by atoms with E-state index in [4.69, 9.17) is 0 Å². The summed E-state index contributed by atoms with van der Waals surface area (Å²) in [5.41, 5.74) is 3.77. The lowest BCUT2D eigenvalue weighted by atomic mass is 10.0. The molecule has 1 amide bonds. The number of benzene rings is 2. The molecule has 0 spiro atoms. The predicted molar refractivity (Wildman–Crippen MR) is 97.6 cm³/mol. The first-order valence-corrected chi connectivity index (χ1v) is 8.30. The number of nitrogens with zero attached hydrogens (tertiary/aromatic N) is 3. The molecule has 2 aromatic carbocycles. The maximum absolute atomic E-state index is 12.2. The van der Waals surface area contributed by atoms with E-state index < -0.39 is 0 Å². The van der Waals surface area contributed by atoms with E-state index in [1.165, 1.54) is 17.3 Å². The van der Waals surface area contributed by atoms with E-state index in [0.717, 1.165) is 31.0 Å². The Hall–Kier alpha value is -3.21. The van der Waals surface area contributed by atoms with Gasteiger partial charge in [-0.2, -0.15) is 0 Å². The van der Waals surface area contributed by atoms with Gasteiger partial charge in [-0.15, -0.1) is 0 Å². The molecule has 5 heteroatoms. The molecule has 0 fully saturated rings. The van der Waals surface area contributed by atoms with Crippen molar-refractivity contribution < 1.29 is 4.79 Å². The molecule has 25 heavy (non-hydrogen) atoms. The van der Waals surface area contributed by atoms with Gasteiger partial charge in [0, 0.05) is 18.8 Å². The van der Waals surface area contributed by atoms with E-state index in [-0.39, 0.29) is 5.91 Å². The van der Waals surface area contributed by atoms with Gasteiger partial charge in [-0.05, 0) is 29.7 Å². The van der Waals surface area contributed by atoms with Crippen molar-refractivity contribution in [2.45, 2.75) is 13.0 Å². The number of para-hydroxylation sites is 1. The van der Waals surface area contributed by atoms with Crippen LogP contribution in [0.4, 0.5) is 11.5 Å². The second-order valence-corrected chi connectivity index (χ2v) is 6.02. The van der Waals surface area contributed by atoms with Crippen LogP contribution in [0.2, 0.25) is 0 Å². The number of carbonyl (C=O) groups excluding carboxylic acids is 1. The fourth-order valence-corrected chi connectivity index (χ4v) is 3.01.